The van der Waals surface area contributed by atoms with E-state index in [2.05, 4.69) is 60.1 Å². The quantitative estimate of drug-likeness (QED) is 0.595. The summed E-state index contributed by atoms with van der Waals surface area (Å²) in [6.07, 6.45) is 11.9. The predicted molar refractivity (Wildman–Crippen MR) is 129 cm³/mol. The van der Waals surface area contributed by atoms with Gasteiger partial charge in [0.2, 0.25) is 0 Å². The van der Waals surface area contributed by atoms with Crippen LogP contribution in [0.3, 0.4) is 0 Å². The number of benzene rings is 1. The first-order valence-corrected chi connectivity index (χ1v) is 12.6. The van der Waals surface area contributed by atoms with E-state index in [1.54, 1.807) is 0 Å². The number of ether oxygens (including phenoxy) is 1. The number of piperidine rings is 1. The Morgan fingerprint density at radius 2 is 2.03 bits per heavy atom. The lowest BCUT2D eigenvalue weighted by Crippen LogP contribution is -2.60. The highest BCUT2D eigenvalue weighted by Gasteiger charge is 2.59. The topological polar surface area (TPSA) is 61.0 Å². The summed E-state index contributed by atoms with van der Waals surface area (Å²) in [5.41, 5.74) is 5.58. The van der Waals surface area contributed by atoms with Gasteiger partial charge in [-0.2, -0.15) is 0 Å². The molecule has 7 rings (SSSR count). The lowest BCUT2D eigenvalue weighted by Gasteiger charge is -2.59. The summed E-state index contributed by atoms with van der Waals surface area (Å²) in [5, 5.41) is 8.31. The van der Waals surface area contributed by atoms with Crippen molar-refractivity contribution in [2.24, 2.45) is 17.3 Å². The highest BCUT2D eigenvalue weighted by molar-refractivity contribution is 5.69. The van der Waals surface area contributed by atoms with Gasteiger partial charge in [-0.05, 0) is 31.2 Å². The van der Waals surface area contributed by atoms with Gasteiger partial charge in [0.05, 0.1) is 30.4 Å². The number of nitrogens with zero attached hydrogens (tertiary/aromatic N) is 6. The van der Waals surface area contributed by atoms with Crippen LogP contribution in [0.5, 0.6) is 0 Å². The van der Waals surface area contributed by atoms with Crippen LogP contribution in [-0.2, 0) is 17.7 Å². The number of hydrogen-bond acceptors (Lipinski definition) is 5. The number of aromatic nitrogens is 5. The molecule has 1 aromatic carbocycles. The SMILES string of the molecule is C=C(C1CCc2nncn2C1)N1CCC2(CC1)C[C@@H]([C@H]1c3ccccc3-c3cncn31)[C@H]2OC. The number of hydrogen-bond donors (Lipinski definition) is 0. The van der Waals surface area contributed by atoms with E-state index in [9.17, 15) is 0 Å². The van der Waals surface area contributed by atoms with Crippen molar-refractivity contribution in [1.82, 2.24) is 29.2 Å². The fourth-order valence-corrected chi connectivity index (χ4v) is 7.51. The third-order valence-corrected chi connectivity index (χ3v) is 9.28. The molecule has 7 heteroatoms. The molecule has 1 aliphatic carbocycles. The minimum atomic E-state index is 0.280. The largest absolute Gasteiger partial charge is 0.380 e. The Balaban J connectivity index is 1.06. The smallest absolute Gasteiger partial charge is 0.132 e. The van der Waals surface area contributed by atoms with Crippen LogP contribution in [0.1, 0.15) is 43.1 Å². The maximum Gasteiger partial charge on any atom is 0.132 e. The normalized spacial score (nSPS) is 28.8. The van der Waals surface area contributed by atoms with E-state index in [1.807, 2.05) is 26.0 Å². The average Bonchev–Trinajstić information content (AvgIpc) is 3.59. The Morgan fingerprint density at radius 3 is 2.88 bits per heavy atom. The number of rotatable bonds is 4. The first kappa shape index (κ1) is 20.4. The molecule has 4 aliphatic rings. The molecule has 1 unspecified atom stereocenters. The summed E-state index contributed by atoms with van der Waals surface area (Å²) >= 11 is 0. The monoisotopic (exact) mass is 456 g/mol. The molecule has 2 fully saturated rings. The van der Waals surface area contributed by atoms with Crippen LogP contribution >= 0.6 is 0 Å². The van der Waals surface area contributed by atoms with Gasteiger partial charge in [0.25, 0.3) is 0 Å². The zero-order chi connectivity index (χ0) is 22.9. The molecule has 5 heterocycles. The van der Waals surface area contributed by atoms with Gasteiger partial charge in [-0.25, -0.2) is 4.98 Å². The van der Waals surface area contributed by atoms with Crippen molar-refractivity contribution in [2.75, 3.05) is 20.2 Å². The van der Waals surface area contributed by atoms with Gasteiger partial charge in [-0.15, -0.1) is 10.2 Å². The maximum atomic E-state index is 6.26. The van der Waals surface area contributed by atoms with E-state index < -0.39 is 0 Å². The molecule has 3 aliphatic heterocycles. The van der Waals surface area contributed by atoms with E-state index in [0.29, 0.717) is 17.9 Å². The number of likely N-dealkylation sites (tertiary alicyclic amines) is 1. The molecule has 1 spiro atoms. The van der Waals surface area contributed by atoms with Gasteiger partial charge in [-0.1, -0.05) is 30.8 Å². The third kappa shape index (κ3) is 2.82. The predicted octanol–water partition coefficient (Wildman–Crippen LogP) is 3.94. The number of aryl methyl sites for hydroxylation is 1. The van der Waals surface area contributed by atoms with Gasteiger partial charge in [-0.3, -0.25) is 0 Å². The van der Waals surface area contributed by atoms with Crippen molar-refractivity contribution in [3.63, 3.8) is 0 Å². The van der Waals surface area contributed by atoms with Crippen LogP contribution in [0.2, 0.25) is 0 Å². The number of fused-ring (bicyclic) bond motifs is 4. The van der Waals surface area contributed by atoms with Crippen molar-refractivity contribution in [1.29, 1.82) is 0 Å². The van der Waals surface area contributed by atoms with Gasteiger partial charge in [0.15, 0.2) is 0 Å². The van der Waals surface area contributed by atoms with E-state index in [4.69, 9.17) is 4.74 Å². The second kappa shape index (κ2) is 7.54. The maximum absolute atomic E-state index is 6.26. The van der Waals surface area contributed by atoms with E-state index >= 15 is 0 Å². The molecule has 0 N–H and O–H groups in total. The lowest BCUT2D eigenvalue weighted by atomic mass is 9.52. The minimum absolute atomic E-state index is 0.280. The summed E-state index contributed by atoms with van der Waals surface area (Å²) in [6, 6.07) is 9.16. The van der Waals surface area contributed by atoms with Gasteiger partial charge in [0, 0.05) is 61.7 Å². The molecule has 0 amide bonds. The van der Waals surface area contributed by atoms with Crippen molar-refractivity contribution < 1.29 is 4.74 Å². The van der Waals surface area contributed by atoms with Crippen LogP contribution < -0.4 is 0 Å². The molecule has 0 bridgehead atoms. The zero-order valence-corrected chi connectivity index (χ0v) is 19.8. The van der Waals surface area contributed by atoms with Crippen LogP contribution in [0.25, 0.3) is 11.3 Å². The Morgan fingerprint density at radius 1 is 1.18 bits per heavy atom. The molecule has 1 saturated heterocycles. The first-order valence-electron chi connectivity index (χ1n) is 12.6. The Hall–Kier alpha value is -2.93. The van der Waals surface area contributed by atoms with E-state index in [-0.39, 0.29) is 11.5 Å². The summed E-state index contributed by atoms with van der Waals surface area (Å²) in [7, 11) is 1.92. The second-order valence-electron chi connectivity index (χ2n) is 10.7. The molecular formula is C27H32N6O. The average molecular weight is 457 g/mol. The standard InChI is InChI=1S/C27H32N6O/c1-18(19-7-8-24-30-29-17-32(24)15-19)31-11-9-27(10-12-31)13-22(26(27)34-2)25-21-6-4-3-5-20(21)23-14-28-16-33(23)25/h3-6,14,16-17,19,22,25-26H,1,7-13,15H2,2H3/t19?,22-,25+,26+/m0/s1. The fourth-order valence-electron chi connectivity index (χ4n) is 7.51. The number of imidazole rings is 1. The van der Waals surface area contributed by atoms with Gasteiger partial charge < -0.3 is 18.8 Å². The Labute approximate surface area is 200 Å². The van der Waals surface area contributed by atoms with Crippen LogP contribution in [0.4, 0.5) is 0 Å². The number of allylic oxidation sites excluding steroid dienone is 1. The Kier molecular flexibility index (Phi) is 4.53. The molecule has 34 heavy (non-hydrogen) atoms. The van der Waals surface area contributed by atoms with E-state index in [1.165, 1.54) is 41.8 Å². The molecule has 7 nitrogen and oxygen atoms in total. The van der Waals surface area contributed by atoms with Gasteiger partial charge in [0.1, 0.15) is 12.2 Å². The fraction of sp³-hybridized carbons (Fsp3) is 0.519. The summed E-state index contributed by atoms with van der Waals surface area (Å²) in [5.74, 6) is 2.08. The van der Waals surface area contributed by atoms with Gasteiger partial charge >= 0.3 is 0 Å². The van der Waals surface area contributed by atoms with Crippen molar-refractivity contribution in [3.05, 3.63) is 66.8 Å². The third-order valence-electron chi connectivity index (χ3n) is 9.28. The van der Waals surface area contributed by atoms with Crippen LogP contribution in [0, 0.1) is 17.3 Å². The minimum Gasteiger partial charge on any atom is -0.380 e. The first-order chi connectivity index (χ1) is 16.7. The van der Waals surface area contributed by atoms with E-state index in [0.717, 1.165) is 38.3 Å². The number of methoxy groups -OCH3 is 1. The summed E-state index contributed by atoms with van der Waals surface area (Å²) < 4.78 is 10.8. The molecule has 1 saturated carbocycles. The van der Waals surface area contributed by atoms with Crippen molar-refractivity contribution >= 4 is 0 Å². The molecular weight excluding hydrogens is 424 g/mol. The molecule has 2 aromatic heterocycles. The zero-order valence-electron chi connectivity index (χ0n) is 19.8. The Bertz CT molecular complexity index is 1240. The molecule has 4 atom stereocenters. The van der Waals surface area contributed by atoms with Crippen LogP contribution in [0.15, 0.2) is 55.4 Å². The highest BCUT2D eigenvalue weighted by atomic mass is 16.5. The van der Waals surface area contributed by atoms with Crippen molar-refractivity contribution in [3.8, 4) is 11.3 Å². The molecule has 0 radical (unpaired) electrons. The summed E-state index contributed by atoms with van der Waals surface area (Å²) in [6.45, 7) is 7.66. The lowest BCUT2D eigenvalue weighted by molar-refractivity contribution is -0.172. The van der Waals surface area contributed by atoms with Crippen molar-refractivity contribution in [2.45, 2.75) is 50.8 Å². The molecule has 176 valence electrons. The highest BCUT2D eigenvalue weighted by Crippen LogP contribution is 2.60. The summed E-state index contributed by atoms with van der Waals surface area (Å²) in [4.78, 5) is 7.01. The second-order valence-corrected chi connectivity index (χ2v) is 10.7. The molecule has 3 aromatic rings. The van der Waals surface area contributed by atoms with Crippen LogP contribution in [-0.4, -0.2) is 55.5 Å².